The van der Waals surface area contributed by atoms with E-state index in [9.17, 15) is 0 Å². The molecule has 2 rings (SSSR count). The molecule has 0 N–H and O–H groups in total. The number of ether oxygens (including phenoxy) is 1. The van der Waals surface area contributed by atoms with Crippen molar-refractivity contribution in [1.82, 2.24) is 9.88 Å². The number of pyridine rings is 1. The summed E-state index contributed by atoms with van der Waals surface area (Å²) in [4.78, 5) is 6.95. The van der Waals surface area contributed by atoms with E-state index in [1.54, 1.807) is 7.11 Å². The molecule has 100 valence electrons. The molecule has 0 radical (unpaired) electrons. The summed E-state index contributed by atoms with van der Waals surface area (Å²) in [5, 5.41) is 0. The maximum atomic E-state index is 5.24. The first-order chi connectivity index (χ1) is 8.81. The number of likely N-dealkylation sites (tertiary alicyclic amines) is 1. The van der Waals surface area contributed by atoms with Gasteiger partial charge in [0.1, 0.15) is 5.75 Å². The molecule has 0 bridgehead atoms. The van der Waals surface area contributed by atoms with E-state index in [2.05, 4.69) is 16.8 Å². The fourth-order valence-corrected chi connectivity index (χ4v) is 2.69. The van der Waals surface area contributed by atoms with Crippen molar-refractivity contribution in [2.45, 2.75) is 39.2 Å². The largest absolute Gasteiger partial charge is 0.497 e. The summed E-state index contributed by atoms with van der Waals surface area (Å²) in [6.07, 6.45) is 7.20. The molecule has 1 aromatic heterocycles. The molecule has 0 spiro atoms. The molecule has 0 aliphatic carbocycles. The molecule has 2 heterocycles. The minimum absolute atomic E-state index is 0.904. The second-order valence-electron chi connectivity index (χ2n) is 5.17. The predicted molar refractivity (Wildman–Crippen MR) is 73.7 cm³/mol. The van der Waals surface area contributed by atoms with Crippen molar-refractivity contribution in [2.24, 2.45) is 5.92 Å². The Kier molecular flexibility index (Phi) is 5.00. The lowest BCUT2D eigenvalue weighted by Crippen LogP contribution is -2.24. The van der Waals surface area contributed by atoms with Gasteiger partial charge in [-0.3, -0.25) is 9.88 Å². The molecule has 3 heteroatoms. The molecular weight excluding hydrogens is 224 g/mol. The van der Waals surface area contributed by atoms with Crippen LogP contribution in [0.2, 0.25) is 0 Å². The molecule has 0 unspecified atom stereocenters. The van der Waals surface area contributed by atoms with Crippen molar-refractivity contribution in [3.05, 3.63) is 24.0 Å². The standard InChI is InChI=1S/C15H24N2O/c1-3-13-5-4-9-17(10-7-13)12-14-11-15(18-2)6-8-16-14/h6,8,11,13H,3-5,7,9-10,12H2,1-2H3/t13-/m1/s1. The minimum atomic E-state index is 0.904. The molecule has 0 amide bonds. The highest BCUT2D eigenvalue weighted by atomic mass is 16.5. The normalized spacial score (nSPS) is 21.6. The van der Waals surface area contributed by atoms with Crippen molar-refractivity contribution in [2.75, 3.05) is 20.2 Å². The van der Waals surface area contributed by atoms with Gasteiger partial charge in [-0.2, -0.15) is 0 Å². The summed E-state index contributed by atoms with van der Waals surface area (Å²) in [5.41, 5.74) is 1.12. The average Bonchev–Trinajstić information content (AvgIpc) is 2.64. The van der Waals surface area contributed by atoms with E-state index < -0.39 is 0 Å². The molecule has 1 atom stereocenters. The zero-order valence-corrected chi connectivity index (χ0v) is 11.6. The SMILES string of the molecule is CC[C@@H]1CCCN(Cc2cc(OC)ccn2)CC1. The maximum Gasteiger partial charge on any atom is 0.122 e. The highest BCUT2D eigenvalue weighted by molar-refractivity contribution is 5.22. The Hall–Kier alpha value is -1.09. The van der Waals surface area contributed by atoms with Crippen LogP contribution in [0.25, 0.3) is 0 Å². The molecule has 18 heavy (non-hydrogen) atoms. The van der Waals surface area contributed by atoms with Gasteiger partial charge >= 0.3 is 0 Å². The second-order valence-corrected chi connectivity index (χ2v) is 5.17. The van der Waals surface area contributed by atoms with Crippen molar-refractivity contribution >= 4 is 0 Å². The molecule has 0 aromatic carbocycles. The molecule has 1 aliphatic heterocycles. The molecule has 1 fully saturated rings. The first-order valence-corrected chi connectivity index (χ1v) is 7.03. The molecule has 1 saturated heterocycles. The van der Waals surface area contributed by atoms with Crippen LogP contribution in [0, 0.1) is 5.92 Å². The summed E-state index contributed by atoms with van der Waals surface area (Å²) < 4.78 is 5.24. The summed E-state index contributed by atoms with van der Waals surface area (Å²) in [7, 11) is 1.71. The van der Waals surface area contributed by atoms with E-state index in [4.69, 9.17) is 4.74 Å². The Balaban J connectivity index is 1.92. The van der Waals surface area contributed by atoms with Crippen LogP contribution >= 0.6 is 0 Å². The van der Waals surface area contributed by atoms with Crippen molar-refractivity contribution in [1.29, 1.82) is 0 Å². The van der Waals surface area contributed by atoms with E-state index in [1.165, 1.54) is 38.8 Å². The van der Waals surface area contributed by atoms with E-state index in [-0.39, 0.29) is 0 Å². The fraction of sp³-hybridized carbons (Fsp3) is 0.667. The number of aromatic nitrogens is 1. The Morgan fingerprint density at radius 1 is 1.39 bits per heavy atom. The van der Waals surface area contributed by atoms with Crippen LogP contribution in [0.15, 0.2) is 18.3 Å². The fourth-order valence-electron chi connectivity index (χ4n) is 2.69. The molecular formula is C15H24N2O. The highest BCUT2D eigenvalue weighted by Gasteiger charge is 2.16. The lowest BCUT2D eigenvalue weighted by atomic mass is 9.98. The van der Waals surface area contributed by atoms with Gasteiger partial charge in [-0.1, -0.05) is 13.3 Å². The third-order valence-electron chi connectivity index (χ3n) is 3.93. The van der Waals surface area contributed by atoms with E-state index in [0.717, 1.165) is 23.9 Å². The molecule has 1 aromatic rings. The van der Waals surface area contributed by atoms with Gasteiger partial charge in [0.2, 0.25) is 0 Å². The first kappa shape index (κ1) is 13.3. The van der Waals surface area contributed by atoms with Gasteiger partial charge in [-0.05, 0) is 44.3 Å². The third kappa shape index (κ3) is 3.70. The first-order valence-electron chi connectivity index (χ1n) is 7.03. The zero-order valence-electron chi connectivity index (χ0n) is 11.6. The van der Waals surface area contributed by atoms with Crippen LogP contribution in [0.5, 0.6) is 5.75 Å². The maximum absolute atomic E-state index is 5.24. The van der Waals surface area contributed by atoms with Crippen LogP contribution < -0.4 is 4.74 Å². The molecule has 1 aliphatic rings. The van der Waals surface area contributed by atoms with Crippen molar-refractivity contribution in [3.63, 3.8) is 0 Å². The Bertz CT molecular complexity index is 367. The number of hydrogen-bond acceptors (Lipinski definition) is 3. The Labute approximate surface area is 110 Å². The van der Waals surface area contributed by atoms with Crippen LogP contribution in [0.1, 0.15) is 38.3 Å². The van der Waals surface area contributed by atoms with Crippen LogP contribution in [-0.2, 0) is 6.54 Å². The van der Waals surface area contributed by atoms with Gasteiger partial charge in [0, 0.05) is 18.8 Å². The molecule has 3 nitrogen and oxygen atoms in total. The van der Waals surface area contributed by atoms with E-state index in [0.29, 0.717) is 0 Å². The van der Waals surface area contributed by atoms with Gasteiger partial charge in [-0.15, -0.1) is 0 Å². The predicted octanol–water partition coefficient (Wildman–Crippen LogP) is 3.10. The Morgan fingerprint density at radius 3 is 3.06 bits per heavy atom. The number of methoxy groups -OCH3 is 1. The van der Waals surface area contributed by atoms with Gasteiger partial charge in [0.25, 0.3) is 0 Å². The van der Waals surface area contributed by atoms with Gasteiger partial charge < -0.3 is 4.74 Å². The lowest BCUT2D eigenvalue weighted by molar-refractivity contribution is 0.268. The number of nitrogens with zero attached hydrogens (tertiary/aromatic N) is 2. The van der Waals surface area contributed by atoms with Crippen molar-refractivity contribution < 1.29 is 4.74 Å². The third-order valence-corrected chi connectivity index (χ3v) is 3.93. The van der Waals surface area contributed by atoms with Gasteiger partial charge in [0.05, 0.1) is 12.8 Å². The Morgan fingerprint density at radius 2 is 2.28 bits per heavy atom. The summed E-state index contributed by atoms with van der Waals surface area (Å²) >= 11 is 0. The summed E-state index contributed by atoms with van der Waals surface area (Å²) in [5.74, 6) is 1.83. The monoisotopic (exact) mass is 248 g/mol. The average molecular weight is 248 g/mol. The summed E-state index contributed by atoms with van der Waals surface area (Å²) in [6.45, 7) is 5.67. The summed E-state index contributed by atoms with van der Waals surface area (Å²) in [6, 6.07) is 3.95. The van der Waals surface area contributed by atoms with Crippen LogP contribution in [-0.4, -0.2) is 30.1 Å². The van der Waals surface area contributed by atoms with Crippen molar-refractivity contribution in [3.8, 4) is 5.75 Å². The van der Waals surface area contributed by atoms with E-state index in [1.807, 2.05) is 18.3 Å². The van der Waals surface area contributed by atoms with Crippen LogP contribution in [0.4, 0.5) is 0 Å². The minimum Gasteiger partial charge on any atom is -0.497 e. The number of rotatable bonds is 4. The quantitative estimate of drug-likeness (QED) is 0.818. The second kappa shape index (κ2) is 6.74. The van der Waals surface area contributed by atoms with E-state index >= 15 is 0 Å². The van der Waals surface area contributed by atoms with Crippen LogP contribution in [0.3, 0.4) is 0 Å². The topological polar surface area (TPSA) is 25.4 Å². The van der Waals surface area contributed by atoms with Gasteiger partial charge in [0.15, 0.2) is 0 Å². The van der Waals surface area contributed by atoms with Gasteiger partial charge in [-0.25, -0.2) is 0 Å². The zero-order chi connectivity index (χ0) is 12.8. The lowest BCUT2D eigenvalue weighted by Gasteiger charge is -2.19. The molecule has 0 saturated carbocycles. The number of hydrogen-bond donors (Lipinski definition) is 0. The highest BCUT2D eigenvalue weighted by Crippen LogP contribution is 2.21. The smallest absolute Gasteiger partial charge is 0.122 e.